The molecule has 32 heavy (non-hydrogen) atoms. The minimum Gasteiger partial charge on any atom is -0.494 e. The summed E-state index contributed by atoms with van der Waals surface area (Å²) in [6.07, 6.45) is 7.47. The standard InChI is InChI=1S/C25H33N3O4/c1-2-31-21-14-19(15-22(16-21)32-13-12-17-6-4-3-5-7-17)23(25(29)30)28-20-10-8-18(9-11-20)24(26)27/h8-11,14-17,23,28H,2-7,12-13H2,1H3,(H3,26,27)(H,29,30). The van der Waals surface area contributed by atoms with Crippen LogP contribution in [0.2, 0.25) is 0 Å². The summed E-state index contributed by atoms with van der Waals surface area (Å²) in [5.41, 5.74) is 7.24. The number of rotatable bonds is 11. The van der Waals surface area contributed by atoms with Gasteiger partial charge in [0.1, 0.15) is 17.3 Å². The van der Waals surface area contributed by atoms with Gasteiger partial charge in [-0.15, -0.1) is 0 Å². The summed E-state index contributed by atoms with van der Waals surface area (Å²) in [7, 11) is 0. The third-order valence-electron chi connectivity index (χ3n) is 5.82. The van der Waals surface area contributed by atoms with Gasteiger partial charge in [-0.25, -0.2) is 4.79 Å². The molecule has 7 heteroatoms. The molecular weight excluding hydrogens is 406 g/mol. The summed E-state index contributed by atoms with van der Waals surface area (Å²) in [4.78, 5) is 12.1. The van der Waals surface area contributed by atoms with Crippen LogP contribution in [0, 0.1) is 11.3 Å². The van der Waals surface area contributed by atoms with Crippen molar-refractivity contribution in [3.05, 3.63) is 53.6 Å². The average Bonchev–Trinajstić information content (AvgIpc) is 2.78. The molecule has 1 aliphatic carbocycles. The number of nitrogens with one attached hydrogen (secondary N) is 2. The van der Waals surface area contributed by atoms with E-state index in [0.29, 0.717) is 47.4 Å². The lowest BCUT2D eigenvalue weighted by Gasteiger charge is -2.22. The molecule has 0 spiro atoms. The largest absolute Gasteiger partial charge is 0.494 e. The van der Waals surface area contributed by atoms with Crippen molar-refractivity contribution in [2.24, 2.45) is 11.7 Å². The van der Waals surface area contributed by atoms with Gasteiger partial charge in [-0.3, -0.25) is 5.41 Å². The van der Waals surface area contributed by atoms with Crippen LogP contribution in [-0.4, -0.2) is 30.1 Å². The second-order valence-electron chi connectivity index (χ2n) is 8.22. The lowest BCUT2D eigenvalue weighted by molar-refractivity contribution is -0.138. The Hall–Kier alpha value is -3.22. The first kappa shape index (κ1) is 23.4. The number of nitrogens with two attached hydrogens (primary N) is 1. The maximum absolute atomic E-state index is 12.1. The predicted molar refractivity (Wildman–Crippen MR) is 126 cm³/mol. The minimum absolute atomic E-state index is 0.0363. The molecule has 2 aromatic rings. The van der Waals surface area contributed by atoms with E-state index in [1.807, 2.05) is 13.0 Å². The smallest absolute Gasteiger partial charge is 0.330 e. The van der Waals surface area contributed by atoms with Crippen LogP contribution in [0.5, 0.6) is 11.5 Å². The van der Waals surface area contributed by atoms with Gasteiger partial charge in [0.25, 0.3) is 0 Å². The lowest BCUT2D eigenvalue weighted by Crippen LogP contribution is -2.21. The number of carbonyl (C=O) groups is 1. The Labute approximate surface area is 189 Å². The molecule has 0 heterocycles. The SMILES string of the molecule is CCOc1cc(OCCC2CCCCC2)cc(C(Nc2ccc(C(=N)N)cc2)C(=O)O)c1. The summed E-state index contributed by atoms with van der Waals surface area (Å²) >= 11 is 0. The fourth-order valence-corrected chi connectivity index (χ4v) is 4.11. The van der Waals surface area contributed by atoms with E-state index in [9.17, 15) is 9.90 Å². The van der Waals surface area contributed by atoms with Crippen molar-refractivity contribution >= 4 is 17.5 Å². The van der Waals surface area contributed by atoms with Crippen LogP contribution in [-0.2, 0) is 4.79 Å². The Morgan fingerprint density at radius 1 is 1.12 bits per heavy atom. The first-order valence-corrected chi connectivity index (χ1v) is 11.3. The number of hydrogen-bond acceptors (Lipinski definition) is 5. The molecule has 7 nitrogen and oxygen atoms in total. The van der Waals surface area contributed by atoms with Crippen LogP contribution in [0.3, 0.4) is 0 Å². The maximum atomic E-state index is 12.1. The Balaban J connectivity index is 1.75. The molecule has 1 saturated carbocycles. The second-order valence-corrected chi connectivity index (χ2v) is 8.22. The third-order valence-corrected chi connectivity index (χ3v) is 5.82. The molecule has 0 saturated heterocycles. The van der Waals surface area contributed by atoms with Crippen molar-refractivity contribution in [3.8, 4) is 11.5 Å². The molecule has 0 aliphatic heterocycles. The predicted octanol–water partition coefficient (Wildman–Crippen LogP) is 4.96. The number of carboxylic acids is 1. The summed E-state index contributed by atoms with van der Waals surface area (Å²) in [6, 6.07) is 11.1. The van der Waals surface area contributed by atoms with E-state index in [4.69, 9.17) is 20.6 Å². The highest BCUT2D eigenvalue weighted by molar-refractivity contribution is 5.95. The highest BCUT2D eigenvalue weighted by Gasteiger charge is 2.22. The summed E-state index contributed by atoms with van der Waals surface area (Å²) in [5, 5.41) is 20.4. The molecule has 1 fully saturated rings. The van der Waals surface area contributed by atoms with E-state index in [-0.39, 0.29) is 5.84 Å². The zero-order valence-corrected chi connectivity index (χ0v) is 18.6. The maximum Gasteiger partial charge on any atom is 0.330 e. The molecule has 1 unspecified atom stereocenters. The van der Waals surface area contributed by atoms with Gasteiger partial charge in [-0.1, -0.05) is 32.1 Å². The van der Waals surface area contributed by atoms with Crippen molar-refractivity contribution in [3.63, 3.8) is 0 Å². The van der Waals surface area contributed by atoms with Crippen molar-refractivity contribution in [1.82, 2.24) is 0 Å². The molecule has 1 aliphatic rings. The summed E-state index contributed by atoms with van der Waals surface area (Å²) in [6.45, 7) is 2.97. The van der Waals surface area contributed by atoms with E-state index >= 15 is 0 Å². The third kappa shape index (κ3) is 6.64. The number of carboxylic acid groups (broad SMARTS) is 1. The van der Waals surface area contributed by atoms with Crippen molar-refractivity contribution in [2.45, 2.75) is 51.5 Å². The highest BCUT2D eigenvalue weighted by Crippen LogP contribution is 2.31. The minimum atomic E-state index is -1.01. The molecule has 0 bridgehead atoms. The van der Waals surface area contributed by atoms with Crippen LogP contribution < -0.4 is 20.5 Å². The van der Waals surface area contributed by atoms with Crippen LogP contribution in [0.15, 0.2) is 42.5 Å². The molecule has 0 aromatic heterocycles. The van der Waals surface area contributed by atoms with Gasteiger partial charge in [0.15, 0.2) is 6.04 Å². The summed E-state index contributed by atoms with van der Waals surface area (Å²) < 4.78 is 11.7. The second kappa shape index (κ2) is 11.4. The molecule has 3 rings (SSSR count). The van der Waals surface area contributed by atoms with Gasteiger partial charge in [-0.2, -0.15) is 0 Å². The Morgan fingerprint density at radius 3 is 2.38 bits per heavy atom. The molecule has 2 aromatic carbocycles. The van der Waals surface area contributed by atoms with Gasteiger partial charge >= 0.3 is 5.97 Å². The molecule has 1 atom stereocenters. The number of benzene rings is 2. The number of ether oxygens (including phenoxy) is 2. The Kier molecular flexibility index (Phi) is 8.36. The van der Waals surface area contributed by atoms with Crippen LogP contribution in [0.25, 0.3) is 0 Å². The fraction of sp³-hybridized carbons (Fsp3) is 0.440. The number of aliphatic carboxylic acids is 1. The molecular formula is C25H33N3O4. The van der Waals surface area contributed by atoms with E-state index in [2.05, 4.69) is 5.32 Å². The van der Waals surface area contributed by atoms with Gasteiger partial charge in [-0.05, 0) is 61.2 Å². The topological polar surface area (TPSA) is 118 Å². The molecule has 0 radical (unpaired) electrons. The molecule has 0 amide bonds. The average molecular weight is 440 g/mol. The van der Waals surface area contributed by atoms with Gasteiger partial charge < -0.3 is 25.6 Å². The highest BCUT2D eigenvalue weighted by atomic mass is 16.5. The number of anilines is 1. The van der Waals surface area contributed by atoms with E-state index in [0.717, 1.165) is 6.42 Å². The van der Waals surface area contributed by atoms with Crippen LogP contribution in [0.4, 0.5) is 5.69 Å². The molecule has 172 valence electrons. The van der Waals surface area contributed by atoms with Crippen LogP contribution >= 0.6 is 0 Å². The zero-order valence-electron chi connectivity index (χ0n) is 18.6. The number of nitrogen functional groups attached to an aromatic ring is 1. The van der Waals surface area contributed by atoms with Crippen LogP contribution in [0.1, 0.15) is 62.6 Å². The molecule has 5 N–H and O–H groups in total. The van der Waals surface area contributed by atoms with E-state index in [1.165, 1.54) is 32.1 Å². The summed E-state index contributed by atoms with van der Waals surface area (Å²) in [5.74, 6) is 0.859. The monoisotopic (exact) mass is 439 g/mol. The van der Waals surface area contributed by atoms with Crippen molar-refractivity contribution in [2.75, 3.05) is 18.5 Å². The van der Waals surface area contributed by atoms with Crippen molar-refractivity contribution in [1.29, 1.82) is 5.41 Å². The first-order valence-electron chi connectivity index (χ1n) is 11.3. The fourth-order valence-electron chi connectivity index (χ4n) is 4.11. The van der Waals surface area contributed by atoms with Gasteiger partial charge in [0, 0.05) is 17.3 Å². The van der Waals surface area contributed by atoms with Crippen molar-refractivity contribution < 1.29 is 19.4 Å². The zero-order chi connectivity index (χ0) is 22.9. The quantitative estimate of drug-likeness (QED) is 0.290. The lowest BCUT2D eigenvalue weighted by atomic mass is 9.87. The number of hydrogen-bond donors (Lipinski definition) is 4. The van der Waals surface area contributed by atoms with E-state index in [1.54, 1.807) is 36.4 Å². The van der Waals surface area contributed by atoms with Gasteiger partial charge in [0.05, 0.1) is 13.2 Å². The Bertz CT molecular complexity index is 908. The Morgan fingerprint density at radius 2 is 1.78 bits per heavy atom. The number of amidine groups is 1. The van der Waals surface area contributed by atoms with Gasteiger partial charge in [0.2, 0.25) is 0 Å². The van der Waals surface area contributed by atoms with E-state index < -0.39 is 12.0 Å². The first-order chi connectivity index (χ1) is 15.5. The normalized spacial score (nSPS) is 15.0.